The second-order valence-corrected chi connectivity index (χ2v) is 2.74. The lowest BCUT2D eigenvalue weighted by molar-refractivity contribution is 0.198. The molecule has 72 valence electrons. The molecule has 0 unspecified atom stereocenters. The topological polar surface area (TPSA) is 60.2 Å². The molecule has 4 nitrogen and oxygen atoms in total. The first-order chi connectivity index (χ1) is 6.34. The average molecular weight is 181 g/mol. The molecule has 3 N–H and O–H groups in total. The van der Waals surface area contributed by atoms with Crippen molar-refractivity contribution in [2.24, 2.45) is 0 Å². The van der Waals surface area contributed by atoms with Gasteiger partial charge in [-0.15, -0.1) is 0 Å². The van der Waals surface area contributed by atoms with Crippen molar-refractivity contribution in [3.63, 3.8) is 0 Å². The van der Waals surface area contributed by atoms with Crippen LogP contribution in [-0.4, -0.2) is 25.2 Å². The van der Waals surface area contributed by atoms with Crippen molar-refractivity contribution in [2.45, 2.75) is 6.42 Å². The van der Waals surface area contributed by atoms with E-state index in [1.54, 1.807) is 25.6 Å². The maximum absolute atomic E-state index is 5.70. The molecule has 13 heavy (non-hydrogen) atoms. The van der Waals surface area contributed by atoms with Gasteiger partial charge in [-0.05, 0) is 12.5 Å². The number of nitrogen functional groups attached to an aromatic ring is 1. The molecule has 0 atom stereocenters. The van der Waals surface area contributed by atoms with Gasteiger partial charge < -0.3 is 15.8 Å². The zero-order chi connectivity index (χ0) is 9.52. The summed E-state index contributed by atoms with van der Waals surface area (Å²) >= 11 is 0. The fourth-order valence-corrected chi connectivity index (χ4v) is 0.992. The fraction of sp³-hybridized carbons (Fsp3) is 0.444. The molecule has 0 fully saturated rings. The van der Waals surface area contributed by atoms with Crippen LogP contribution in [0.1, 0.15) is 6.42 Å². The number of nitrogens with one attached hydrogen (secondary N) is 1. The lowest BCUT2D eigenvalue weighted by atomic mass is 10.3. The molecule has 1 aromatic rings. The van der Waals surface area contributed by atoms with Crippen molar-refractivity contribution in [3.05, 3.63) is 18.5 Å². The van der Waals surface area contributed by atoms with Crippen LogP contribution in [-0.2, 0) is 4.74 Å². The minimum absolute atomic E-state index is 0.729. The largest absolute Gasteiger partial charge is 0.397 e. The molecular formula is C9H15N3O. The minimum Gasteiger partial charge on any atom is -0.397 e. The summed E-state index contributed by atoms with van der Waals surface area (Å²) in [6.07, 6.45) is 4.36. The Bertz CT molecular complexity index is 252. The zero-order valence-electron chi connectivity index (χ0n) is 7.79. The molecule has 1 heterocycles. The quantitative estimate of drug-likeness (QED) is 0.668. The smallest absolute Gasteiger partial charge is 0.0760 e. The summed E-state index contributed by atoms with van der Waals surface area (Å²) in [5.41, 5.74) is 7.32. The van der Waals surface area contributed by atoms with Crippen molar-refractivity contribution in [1.82, 2.24) is 4.98 Å². The number of hydrogen-bond donors (Lipinski definition) is 2. The molecule has 0 aromatic carbocycles. The van der Waals surface area contributed by atoms with Crippen molar-refractivity contribution in [3.8, 4) is 0 Å². The molecular weight excluding hydrogens is 166 g/mol. The normalized spacial score (nSPS) is 9.92. The van der Waals surface area contributed by atoms with Crippen LogP contribution >= 0.6 is 0 Å². The average Bonchev–Trinajstić information content (AvgIpc) is 2.15. The molecule has 0 aliphatic heterocycles. The number of nitrogens with two attached hydrogens (primary N) is 1. The van der Waals surface area contributed by atoms with E-state index >= 15 is 0 Å². The Morgan fingerprint density at radius 2 is 2.46 bits per heavy atom. The van der Waals surface area contributed by atoms with Crippen molar-refractivity contribution in [1.29, 1.82) is 0 Å². The maximum atomic E-state index is 5.70. The van der Waals surface area contributed by atoms with E-state index in [1.165, 1.54) is 0 Å². The zero-order valence-corrected chi connectivity index (χ0v) is 7.79. The lowest BCUT2D eigenvalue weighted by Crippen LogP contribution is -2.06. The third kappa shape index (κ3) is 3.29. The maximum Gasteiger partial charge on any atom is 0.0760 e. The first-order valence-electron chi connectivity index (χ1n) is 4.27. The van der Waals surface area contributed by atoms with E-state index in [0.29, 0.717) is 0 Å². The van der Waals surface area contributed by atoms with Crippen LogP contribution in [0.5, 0.6) is 0 Å². The number of aromatic nitrogens is 1. The van der Waals surface area contributed by atoms with E-state index in [-0.39, 0.29) is 0 Å². The summed E-state index contributed by atoms with van der Waals surface area (Å²) in [5.74, 6) is 0. The number of ether oxygens (including phenoxy) is 1. The van der Waals surface area contributed by atoms with Gasteiger partial charge in [0, 0.05) is 26.5 Å². The van der Waals surface area contributed by atoms with E-state index < -0.39 is 0 Å². The predicted octanol–water partition coefficient (Wildman–Crippen LogP) is 1.11. The summed E-state index contributed by atoms with van der Waals surface area (Å²) in [4.78, 5) is 3.97. The summed E-state index contributed by atoms with van der Waals surface area (Å²) in [6, 6.07) is 1.78. The van der Waals surface area contributed by atoms with Crippen LogP contribution in [0.2, 0.25) is 0 Å². The van der Waals surface area contributed by atoms with Crippen molar-refractivity contribution < 1.29 is 4.74 Å². The monoisotopic (exact) mass is 181 g/mol. The predicted molar refractivity (Wildman–Crippen MR) is 53.6 cm³/mol. The molecule has 0 amide bonds. The van der Waals surface area contributed by atoms with Crippen LogP contribution in [0.3, 0.4) is 0 Å². The highest BCUT2D eigenvalue weighted by atomic mass is 16.5. The number of nitrogens with zero attached hydrogens (tertiary/aromatic N) is 1. The van der Waals surface area contributed by atoms with Gasteiger partial charge in [0.2, 0.25) is 0 Å². The van der Waals surface area contributed by atoms with Crippen LogP contribution in [0, 0.1) is 0 Å². The molecule has 1 aromatic heterocycles. The highest BCUT2D eigenvalue weighted by Crippen LogP contribution is 2.14. The molecule has 0 aliphatic carbocycles. The van der Waals surface area contributed by atoms with Crippen LogP contribution < -0.4 is 11.1 Å². The Kier molecular flexibility index (Phi) is 4.05. The van der Waals surface area contributed by atoms with Crippen molar-refractivity contribution >= 4 is 11.4 Å². The van der Waals surface area contributed by atoms with Gasteiger partial charge in [0.05, 0.1) is 17.6 Å². The second kappa shape index (κ2) is 5.37. The Hall–Kier alpha value is -1.29. The Morgan fingerprint density at radius 3 is 3.15 bits per heavy atom. The van der Waals surface area contributed by atoms with E-state index in [9.17, 15) is 0 Å². The van der Waals surface area contributed by atoms with Crippen LogP contribution in [0.15, 0.2) is 18.5 Å². The number of pyridine rings is 1. The first kappa shape index (κ1) is 9.80. The van der Waals surface area contributed by atoms with Gasteiger partial charge in [-0.25, -0.2) is 0 Å². The standard InChI is InChI=1S/C9H15N3O/c1-13-6-2-4-12-9-7-11-5-3-8(9)10/h3,5,7,12H,2,4,6H2,1H3,(H2,10,11). The molecule has 0 spiro atoms. The summed E-state index contributed by atoms with van der Waals surface area (Å²) in [7, 11) is 1.69. The van der Waals surface area contributed by atoms with Gasteiger partial charge in [-0.3, -0.25) is 4.98 Å². The van der Waals surface area contributed by atoms with Gasteiger partial charge in [0.1, 0.15) is 0 Å². The highest BCUT2D eigenvalue weighted by molar-refractivity contribution is 5.63. The first-order valence-corrected chi connectivity index (χ1v) is 4.27. The third-order valence-corrected chi connectivity index (χ3v) is 1.70. The molecule has 0 bridgehead atoms. The van der Waals surface area contributed by atoms with Crippen LogP contribution in [0.25, 0.3) is 0 Å². The summed E-state index contributed by atoms with van der Waals surface area (Å²) in [6.45, 7) is 1.61. The van der Waals surface area contributed by atoms with Gasteiger partial charge in [0.15, 0.2) is 0 Å². The molecule has 0 radical (unpaired) electrons. The van der Waals surface area contributed by atoms with Gasteiger partial charge in [-0.2, -0.15) is 0 Å². The van der Waals surface area contributed by atoms with Gasteiger partial charge in [-0.1, -0.05) is 0 Å². The fourth-order valence-electron chi connectivity index (χ4n) is 0.992. The number of hydrogen-bond acceptors (Lipinski definition) is 4. The van der Waals surface area contributed by atoms with Gasteiger partial charge in [0.25, 0.3) is 0 Å². The molecule has 4 heteroatoms. The number of rotatable bonds is 5. The number of methoxy groups -OCH3 is 1. The minimum atomic E-state index is 0.729. The molecule has 0 saturated heterocycles. The number of anilines is 2. The van der Waals surface area contributed by atoms with E-state index in [0.717, 1.165) is 30.9 Å². The molecule has 1 rings (SSSR count). The highest BCUT2D eigenvalue weighted by Gasteiger charge is 1.95. The lowest BCUT2D eigenvalue weighted by Gasteiger charge is -2.07. The Labute approximate surface area is 78.1 Å². The van der Waals surface area contributed by atoms with E-state index in [4.69, 9.17) is 10.5 Å². The van der Waals surface area contributed by atoms with E-state index in [2.05, 4.69) is 10.3 Å². The third-order valence-electron chi connectivity index (χ3n) is 1.70. The Balaban J connectivity index is 2.32. The summed E-state index contributed by atoms with van der Waals surface area (Å²) in [5, 5.41) is 3.18. The van der Waals surface area contributed by atoms with E-state index in [1.807, 2.05) is 0 Å². The summed E-state index contributed by atoms with van der Waals surface area (Å²) < 4.78 is 4.92. The van der Waals surface area contributed by atoms with Crippen molar-refractivity contribution in [2.75, 3.05) is 31.3 Å². The SMILES string of the molecule is COCCCNc1cnccc1N. The molecule has 0 aliphatic rings. The molecule has 0 saturated carbocycles. The van der Waals surface area contributed by atoms with Crippen LogP contribution in [0.4, 0.5) is 11.4 Å². The second-order valence-electron chi connectivity index (χ2n) is 2.74. The van der Waals surface area contributed by atoms with Gasteiger partial charge >= 0.3 is 0 Å². The Morgan fingerprint density at radius 1 is 1.62 bits per heavy atom.